The Morgan fingerprint density at radius 1 is 1.12 bits per heavy atom. The smallest absolute Gasteiger partial charge is 0.260 e. The predicted molar refractivity (Wildman–Crippen MR) is 102 cm³/mol. The molecule has 1 fully saturated rings. The van der Waals surface area contributed by atoms with Crippen LogP contribution in [0.4, 0.5) is 0 Å². The van der Waals surface area contributed by atoms with Gasteiger partial charge in [0.15, 0.2) is 6.61 Å². The fraction of sp³-hybridized carbons (Fsp3) is 0.350. The molecule has 1 aliphatic rings. The van der Waals surface area contributed by atoms with Crippen molar-refractivity contribution in [2.45, 2.75) is 25.3 Å². The van der Waals surface area contributed by atoms with Crippen LogP contribution in [-0.2, 0) is 11.2 Å². The maximum Gasteiger partial charge on any atom is 0.260 e. The number of nitrogens with zero attached hydrogens (tertiary/aromatic N) is 1. The molecule has 5 heteroatoms. The molecule has 3 rings (SSSR count). The van der Waals surface area contributed by atoms with E-state index in [0.29, 0.717) is 6.54 Å². The van der Waals surface area contributed by atoms with E-state index in [-0.39, 0.29) is 31.0 Å². The van der Waals surface area contributed by atoms with Gasteiger partial charge >= 0.3 is 0 Å². The molecule has 2 aromatic rings. The summed E-state index contributed by atoms with van der Waals surface area (Å²) in [6.45, 7) is 1.38. The molecule has 134 valence electrons. The lowest BCUT2D eigenvalue weighted by molar-refractivity contribution is -0.134. The zero-order chi connectivity index (χ0) is 16.8. The second-order valence-electron chi connectivity index (χ2n) is 6.18. The molecule has 0 aliphatic carbocycles. The van der Waals surface area contributed by atoms with Crippen LogP contribution in [0.15, 0.2) is 54.6 Å². The van der Waals surface area contributed by atoms with Gasteiger partial charge in [0.2, 0.25) is 0 Å². The number of rotatable bonds is 6. The highest BCUT2D eigenvalue weighted by Crippen LogP contribution is 2.22. The van der Waals surface area contributed by atoms with Crippen molar-refractivity contribution in [1.29, 1.82) is 0 Å². The van der Waals surface area contributed by atoms with Gasteiger partial charge in [-0.05, 0) is 30.0 Å². The number of amides is 1. The van der Waals surface area contributed by atoms with Crippen LogP contribution in [0.3, 0.4) is 0 Å². The number of likely N-dealkylation sites (tertiary alicyclic amines) is 1. The first-order chi connectivity index (χ1) is 11.8. The normalized spacial score (nSPS) is 16.4. The van der Waals surface area contributed by atoms with Crippen molar-refractivity contribution in [3.05, 3.63) is 65.7 Å². The number of ether oxygens (including phenoxy) is 1. The molecule has 2 aromatic carbocycles. The number of carbonyl (C=O) groups is 1. The fourth-order valence-electron chi connectivity index (χ4n) is 3.24. The number of hydrogen-bond acceptors (Lipinski definition) is 3. The standard InChI is InChI=1S/C20H24N2O2.ClH/c21-14-18-10-6-12-22(18)20(23)15-24-19-11-5-4-9-17(19)13-16-7-2-1-3-8-16;/h1-5,7-9,11,18H,6,10,12-15,21H2;1H. The Labute approximate surface area is 155 Å². The van der Waals surface area contributed by atoms with Crippen LogP contribution < -0.4 is 10.5 Å². The van der Waals surface area contributed by atoms with E-state index in [4.69, 9.17) is 10.5 Å². The lowest BCUT2D eigenvalue weighted by Crippen LogP contribution is -2.42. The fourth-order valence-corrected chi connectivity index (χ4v) is 3.24. The highest BCUT2D eigenvalue weighted by molar-refractivity contribution is 5.85. The van der Waals surface area contributed by atoms with Gasteiger partial charge in [0.05, 0.1) is 0 Å². The highest BCUT2D eigenvalue weighted by Gasteiger charge is 2.27. The summed E-state index contributed by atoms with van der Waals surface area (Å²) in [5.41, 5.74) is 8.06. The third-order valence-corrected chi connectivity index (χ3v) is 4.53. The number of halogens is 1. The number of nitrogens with two attached hydrogens (primary N) is 1. The summed E-state index contributed by atoms with van der Waals surface area (Å²) in [6.07, 6.45) is 2.81. The Bertz CT molecular complexity index is 678. The molecule has 0 aromatic heterocycles. The van der Waals surface area contributed by atoms with E-state index < -0.39 is 0 Å². The molecule has 0 spiro atoms. The zero-order valence-corrected chi connectivity index (χ0v) is 15.1. The molecule has 25 heavy (non-hydrogen) atoms. The first kappa shape index (κ1) is 19.3. The molecule has 0 saturated carbocycles. The Morgan fingerprint density at radius 3 is 2.60 bits per heavy atom. The average molecular weight is 361 g/mol. The summed E-state index contributed by atoms with van der Waals surface area (Å²) < 4.78 is 5.84. The second kappa shape index (κ2) is 9.44. The highest BCUT2D eigenvalue weighted by atomic mass is 35.5. The minimum Gasteiger partial charge on any atom is -0.483 e. The molecular formula is C20H25ClN2O2. The van der Waals surface area contributed by atoms with Crippen molar-refractivity contribution in [2.75, 3.05) is 19.7 Å². The molecule has 1 amide bonds. The lowest BCUT2D eigenvalue weighted by Gasteiger charge is -2.23. The van der Waals surface area contributed by atoms with Crippen LogP contribution in [0.2, 0.25) is 0 Å². The van der Waals surface area contributed by atoms with Gasteiger partial charge in [-0.2, -0.15) is 0 Å². The van der Waals surface area contributed by atoms with Crippen LogP contribution in [0.5, 0.6) is 5.75 Å². The van der Waals surface area contributed by atoms with E-state index in [1.165, 1.54) is 5.56 Å². The van der Waals surface area contributed by atoms with Crippen LogP contribution in [-0.4, -0.2) is 36.5 Å². The number of carbonyl (C=O) groups excluding carboxylic acids is 1. The first-order valence-corrected chi connectivity index (χ1v) is 8.52. The first-order valence-electron chi connectivity index (χ1n) is 8.52. The third-order valence-electron chi connectivity index (χ3n) is 4.53. The minimum absolute atomic E-state index is 0. The largest absolute Gasteiger partial charge is 0.483 e. The molecule has 1 heterocycles. The molecule has 1 unspecified atom stereocenters. The van der Waals surface area contributed by atoms with Crippen molar-refractivity contribution in [2.24, 2.45) is 5.73 Å². The molecule has 1 aliphatic heterocycles. The van der Waals surface area contributed by atoms with Gasteiger partial charge in [0.25, 0.3) is 5.91 Å². The monoisotopic (exact) mass is 360 g/mol. The van der Waals surface area contributed by atoms with Crippen molar-refractivity contribution < 1.29 is 9.53 Å². The van der Waals surface area contributed by atoms with E-state index in [9.17, 15) is 4.79 Å². The van der Waals surface area contributed by atoms with Crippen LogP contribution in [0.1, 0.15) is 24.0 Å². The number of benzene rings is 2. The van der Waals surface area contributed by atoms with E-state index in [2.05, 4.69) is 12.1 Å². The van der Waals surface area contributed by atoms with E-state index in [0.717, 1.165) is 37.1 Å². The second-order valence-corrected chi connectivity index (χ2v) is 6.18. The van der Waals surface area contributed by atoms with E-state index in [1.54, 1.807) is 0 Å². The van der Waals surface area contributed by atoms with Gasteiger partial charge in [-0.3, -0.25) is 4.79 Å². The van der Waals surface area contributed by atoms with Gasteiger partial charge in [0.1, 0.15) is 5.75 Å². The molecule has 1 atom stereocenters. The van der Waals surface area contributed by atoms with Crippen molar-refractivity contribution >= 4 is 18.3 Å². The SMILES string of the molecule is Cl.NCC1CCCN1C(=O)COc1ccccc1Cc1ccccc1. The van der Waals surface area contributed by atoms with Gasteiger partial charge < -0.3 is 15.4 Å². The number of para-hydroxylation sites is 1. The van der Waals surface area contributed by atoms with Crippen LogP contribution >= 0.6 is 12.4 Å². The van der Waals surface area contributed by atoms with Crippen molar-refractivity contribution in [1.82, 2.24) is 4.90 Å². The Morgan fingerprint density at radius 2 is 1.84 bits per heavy atom. The molecular weight excluding hydrogens is 336 g/mol. The maximum atomic E-state index is 12.4. The summed E-state index contributed by atoms with van der Waals surface area (Å²) >= 11 is 0. The Kier molecular flexibility index (Phi) is 7.29. The van der Waals surface area contributed by atoms with Crippen LogP contribution in [0, 0.1) is 0 Å². The summed E-state index contributed by atoms with van der Waals surface area (Å²) in [5.74, 6) is 0.802. The quantitative estimate of drug-likeness (QED) is 0.861. The van der Waals surface area contributed by atoms with Crippen molar-refractivity contribution in [3.63, 3.8) is 0 Å². The minimum atomic E-state index is 0. The number of hydrogen-bond donors (Lipinski definition) is 1. The maximum absolute atomic E-state index is 12.4. The summed E-state index contributed by atoms with van der Waals surface area (Å²) in [5, 5.41) is 0. The Balaban J connectivity index is 0.00000225. The van der Waals surface area contributed by atoms with Gasteiger partial charge in [0, 0.05) is 25.6 Å². The van der Waals surface area contributed by atoms with E-state index in [1.807, 2.05) is 47.4 Å². The molecule has 0 radical (unpaired) electrons. The third kappa shape index (κ3) is 4.97. The van der Waals surface area contributed by atoms with Crippen molar-refractivity contribution in [3.8, 4) is 5.75 Å². The topological polar surface area (TPSA) is 55.6 Å². The molecule has 4 nitrogen and oxygen atoms in total. The molecule has 2 N–H and O–H groups in total. The summed E-state index contributed by atoms with van der Waals surface area (Å²) in [4.78, 5) is 14.3. The molecule has 0 bridgehead atoms. The van der Waals surface area contributed by atoms with Gasteiger partial charge in [-0.15, -0.1) is 12.4 Å². The summed E-state index contributed by atoms with van der Waals surface area (Å²) in [7, 11) is 0. The predicted octanol–water partition coefficient (Wildman–Crippen LogP) is 3.03. The average Bonchev–Trinajstić information content (AvgIpc) is 3.10. The van der Waals surface area contributed by atoms with Gasteiger partial charge in [-0.25, -0.2) is 0 Å². The summed E-state index contributed by atoms with van der Waals surface area (Å²) in [6, 6.07) is 18.3. The van der Waals surface area contributed by atoms with Gasteiger partial charge in [-0.1, -0.05) is 48.5 Å². The lowest BCUT2D eigenvalue weighted by atomic mass is 10.0. The zero-order valence-electron chi connectivity index (χ0n) is 14.3. The van der Waals surface area contributed by atoms with E-state index >= 15 is 0 Å². The molecule has 1 saturated heterocycles. The van der Waals surface area contributed by atoms with Crippen LogP contribution in [0.25, 0.3) is 0 Å². The Hall–Kier alpha value is -2.04.